The summed E-state index contributed by atoms with van der Waals surface area (Å²) in [6, 6.07) is 3.03. The Kier molecular flexibility index (Phi) is 5.87. The number of aromatic nitrogens is 1. The van der Waals surface area contributed by atoms with E-state index in [2.05, 4.69) is 5.32 Å². The van der Waals surface area contributed by atoms with Crippen LogP contribution in [0.2, 0.25) is 0 Å². The summed E-state index contributed by atoms with van der Waals surface area (Å²) in [5.74, 6) is -0.553. The average Bonchev–Trinajstić information content (AvgIpc) is 2.58. The van der Waals surface area contributed by atoms with Crippen molar-refractivity contribution in [2.24, 2.45) is 0 Å². The maximum Gasteiger partial charge on any atom is 0.416 e. The van der Waals surface area contributed by atoms with Crippen LogP contribution in [0.5, 0.6) is 0 Å². The van der Waals surface area contributed by atoms with Crippen molar-refractivity contribution >= 4 is 16.8 Å². The molecule has 0 unspecified atom stereocenters. The van der Waals surface area contributed by atoms with E-state index in [9.17, 15) is 22.8 Å². The fourth-order valence-corrected chi connectivity index (χ4v) is 2.67. The maximum atomic E-state index is 12.9. The number of rotatable bonds is 6. The first kappa shape index (κ1) is 19.0. The number of nitrogens with one attached hydrogen (secondary N) is 1. The van der Waals surface area contributed by atoms with Gasteiger partial charge < -0.3 is 9.88 Å². The number of hydrogen-bond acceptors (Lipinski definition) is 2. The van der Waals surface area contributed by atoms with Crippen molar-refractivity contribution in [2.45, 2.75) is 45.8 Å². The zero-order chi connectivity index (χ0) is 18.6. The summed E-state index contributed by atoms with van der Waals surface area (Å²) in [4.78, 5) is 24.8. The van der Waals surface area contributed by atoms with Gasteiger partial charge in [-0.3, -0.25) is 9.59 Å². The van der Waals surface area contributed by atoms with Crippen molar-refractivity contribution in [3.05, 3.63) is 45.7 Å². The highest BCUT2D eigenvalue weighted by molar-refractivity contribution is 5.97. The second kappa shape index (κ2) is 7.72. The lowest BCUT2D eigenvalue weighted by molar-refractivity contribution is -0.137. The molecule has 0 saturated heterocycles. The molecule has 4 nitrogen and oxygen atoms in total. The molecule has 1 N–H and O–H groups in total. The van der Waals surface area contributed by atoms with Gasteiger partial charge in [0, 0.05) is 24.7 Å². The Bertz CT molecular complexity index is 825. The van der Waals surface area contributed by atoms with Crippen molar-refractivity contribution in [1.29, 1.82) is 0 Å². The number of carbonyl (C=O) groups excluding carboxylic acids is 1. The first-order valence-electron chi connectivity index (χ1n) is 8.32. The summed E-state index contributed by atoms with van der Waals surface area (Å²) in [5.41, 5.74) is -1.34. The molecule has 0 spiro atoms. The topological polar surface area (TPSA) is 51.1 Å². The van der Waals surface area contributed by atoms with E-state index in [0.717, 1.165) is 31.4 Å². The summed E-state index contributed by atoms with van der Waals surface area (Å²) in [5, 5.41) is 2.56. The fourth-order valence-electron chi connectivity index (χ4n) is 2.67. The van der Waals surface area contributed by atoms with Crippen LogP contribution in [0, 0.1) is 0 Å². The first-order chi connectivity index (χ1) is 11.8. The number of fused-ring (bicyclic) bond motifs is 1. The number of unbranched alkanes of at least 4 members (excludes halogenated alkanes) is 2. The molecule has 0 aliphatic rings. The van der Waals surface area contributed by atoms with Gasteiger partial charge in [-0.15, -0.1) is 0 Å². The maximum absolute atomic E-state index is 12.9. The number of alkyl halides is 3. The predicted octanol–water partition coefficient (Wildman–Crippen LogP) is 3.96. The Labute approximate surface area is 143 Å². The summed E-state index contributed by atoms with van der Waals surface area (Å²) in [6.07, 6.45) is -0.403. The van der Waals surface area contributed by atoms with Gasteiger partial charge in [0.2, 0.25) is 5.43 Å². The molecule has 2 aromatic rings. The monoisotopic (exact) mass is 354 g/mol. The normalized spacial score (nSPS) is 11.7. The molecule has 0 aliphatic heterocycles. The van der Waals surface area contributed by atoms with Crippen molar-refractivity contribution < 1.29 is 18.0 Å². The second-order valence-electron chi connectivity index (χ2n) is 5.85. The zero-order valence-electron chi connectivity index (χ0n) is 14.2. The molecule has 0 bridgehead atoms. The van der Waals surface area contributed by atoms with Gasteiger partial charge in [0.05, 0.1) is 11.1 Å². The minimum Gasteiger partial charge on any atom is -0.352 e. The minimum absolute atomic E-state index is 0.0992. The van der Waals surface area contributed by atoms with Gasteiger partial charge in [0.15, 0.2) is 0 Å². The fraction of sp³-hybridized carbons (Fsp3) is 0.444. The van der Waals surface area contributed by atoms with Crippen LogP contribution in [0.15, 0.2) is 29.2 Å². The number of aryl methyl sites for hydroxylation is 1. The Morgan fingerprint density at radius 3 is 2.52 bits per heavy atom. The summed E-state index contributed by atoms with van der Waals surface area (Å²) in [7, 11) is 0. The number of benzene rings is 1. The average molecular weight is 354 g/mol. The molecule has 0 radical (unpaired) electrons. The minimum atomic E-state index is -4.55. The lowest BCUT2D eigenvalue weighted by atomic mass is 10.1. The standard InChI is InChI=1S/C18H21F3N2O2/c1-3-5-6-9-22-17(25)14-11-23(4-2)15-8-7-12(18(19,20)21)10-13(15)16(14)24/h7-8,10-11H,3-6,9H2,1-2H3,(H,22,25). The molecule has 0 fully saturated rings. The molecule has 7 heteroatoms. The second-order valence-corrected chi connectivity index (χ2v) is 5.85. The molecule has 25 heavy (non-hydrogen) atoms. The van der Waals surface area contributed by atoms with E-state index in [1.807, 2.05) is 6.92 Å². The SMILES string of the molecule is CCCCCNC(=O)c1cn(CC)c2ccc(C(F)(F)F)cc2c1=O. The molecular weight excluding hydrogens is 333 g/mol. The lowest BCUT2D eigenvalue weighted by Gasteiger charge is -2.14. The van der Waals surface area contributed by atoms with Gasteiger partial charge in [0.25, 0.3) is 5.91 Å². The van der Waals surface area contributed by atoms with E-state index >= 15 is 0 Å². The third-order valence-electron chi connectivity index (χ3n) is 4.06. The van der Waals surface area contributed by atoms with E-state index < -0.39 is 23.1 Å². The Hall–Kier alpha value is -2.31. The van der Waals surface area contributed by atoms with Crippen LogP contribution in [0.3, 0.4) is 0 Å². The van der Waals surface area contributed by atoms with E-state index in [0.29, 0.717) is 18.6 Å². The molecule has 1 amide bonds. The lowest BCUT2D eigenvalue weighted by Crippen LogP contribution is -2.30. The van der Waals surface area contributed by atoms with Crippen LogP contribution in [-0.4, -0.2) is 17.0 Å². The Morgan fingerprint density at radius 1 is 1.20 bits per heavy atom. The number of nitrogens with zero attached hydrogens (tertiary/aromatic N) is 1. The van der Waals surface area contributed by atoms with Crippen molar-refractivity contribution in [3.8, 4) is 0 Å². The van der Waals surface area contributed by atoms with Crippen LogP contribution in [-0.2, 0) is 12.7 Å². The number of halogens is 3. The molecule has 1 aromatic carbocycles. The number of carbonyl (C=O) groups is 1. The van der Waals surface area contributed by atoms with Crippen LogP contribution < -0.4 is 10.7 Å². The molecular formula is C18H21F3N2O2. The smallest absolute Gasteiger partial charge is 0.352 e. The third-order valence-corrected chi connectivity index (χ3v) is 4.06. The highest BCUT2D eigenvalue weighted by Crippen LogP contribution is 2.30. The molecule has 1 heterocycles. The highest BCUT2D eigenvalue weighted by atomic mass is 19.4. The van der Waals surface area contributed by atoms with Gasteiger partial charge in [-0.2, -0.15) is 13.2 Å². The quantitative estimate of drug-likeness (QED) is 0.799. The molecule has 0 aliphatic carbocycles. The van der Waals surface area contributed by atoms with E-state index in [4.69, 9.17) is 0 Å². The van der Waals surface area contributed by atoms with E-state index in [-0.39, 0.29) is 10.9 Å². The summed E-state index contributed by atoms with van der Waals surface area (Å²) in [6.45, 7) is 4.69. The summed E-state index contributed by atoms with van der Waals surface area (Å²) >= 11 is 0. The summed E-state index contributed by atoms with van der Waals surface area (Å²) < 4.78 is 40.4. The van der Waals surface area contributed by atoms with Gasteiger partial charge in [-0.25, -0.2) is 0 Å². The van der Waals surface area contributed by atoms with Gasteiger partial charge in [0.1, 0.15) is 5.56 Å². The third kappa shape index (κ3) is 4.21. The van der Waals surface area contributed by atoms with Crippen LogP contribution in [0.4, 0.5) is 13.2 Å². The van der Waals surface area contributed by atoms with E-state index in [1.165, 1.54) is 12.3 Å². The molecule has 2 rings (SSSR count). The largest absolute Gasteiger partial charge is 0.416 e. The van der Waals surface area contributed by atoms with Crippen molar-refractivity contribution in [1.82, 2.24) is 9.88 Å². The number of hydrogen-bond donors (Lipinski definition) is 1. The zero-order valence-corrected chi connectivity index (χ0v) is 14.2. The van der Waals surface area contributed by atoms with Gasteiger partial charge in [-0.1, -0.05) is 19.8 Å². The molecule has 1 aromatic heterocycles. The number of pyridine rings is 1. The number of amides is 1. The van der Waals surface area contributed by atoms with Crippen molar-refractivity contribution in [2.75, 3.05) is 6.54 Å². The van der Waals surface area contributed by atoms with Crippen molar-refractivity contribution in [3.63, 3.8) is 0 Å². The predicted molar refractivity (Wildman–Crippen MR) is 90.7 cm³/mol. The Balaban J connectivity index is 2.49. The Morgan fingerprint density at radius 2 is 1.92 bits per heavy atom. The van der Waals surface area contributed by atoms with Crippen LogP contribution in [0.1, 0.15) is 49.0 Å². The highest BCUT2D eigenvalue weighted by Gasteiger charge is 2.31. The molecule has 0 atom stereocenters. The van der Waals surface area contributed by atoms with Gasteiger partial charge in [-0.05, 0) is 31.5 Å². The molecule has 0 saturated carbocycles. The van der Waals surface area contributed by atoms with Gasteiger partial charge >= 0.3 is 6.18 Å². The van der Waals surface area contributed by atoms with Crippen LogP contribution in [0.25, 0.3) is 10.9 Å². The van der Waals surface area contributed by atoms with E-state index in [1.54, 1.807) is 11.5 Å². The van der Waals surface area contributed by atoms with Crippen LogP contribution >= 0.6 is 0 Å². The first-order valence-corrected chi connectivity index (χ1v) is 8.32. The molecule has 136 valence electrons.